The smallest absolute Gasteiger partial charge is 0.241 e. The highest BCUT2D eigenvalue weighted by Crippen LogP contribution is 2.35. The number of nitrogens with zero attached hydrogens (tertiary/aromatic N) is 3. The minimum Gasteiger partial charge on any atom is -0.496 e. The van der Waals surface area contributed by atoms with E-state index in [9.17, 15) is 4.79 Å². The summed E-state index contributed by atoms with van der Waals surface area (Å²) in [5, 5.41) is 7.81. The number of aromatic nitrogens is 2. The Hall–Kier alpha value is -3.88. The van der Waals surface area contributed by atoms with Crippen molar-refractivity contribution in [2.24, 2.45) is 0 Å². The summed E-state index contributed by atoms with van der Waals surface area (Å²) in [5.41, 5.74) is 9.96. The summed E-state index contributed by atoms with van der Waals surface area (Å²) in [6, 6.07) is 20.6. The van der Waals surface area contributed by atoms with Crippen molar-refractivity contribution in [3.05, 3.63) is 100 Å². The summed E-state index contributed by atoms with van der Waals surface area (Å²) in [5.74, 6) is 0.900. The van der Waals surface area contributed by atoms with Gasteiger partial charge < -0.3 is 15.4 Å². The van der Waals surface area contributed by atoms with Crippen LogP contribution < -0.4 is 15.4 Å². The van der Waals surface area contributed by atoms with Crippen LogP contribution in [0.5, 0.6) is 5.75 Å². The Morgan fingerprint density at radius 1 is 1.02 bits per heavy atom. The molecule has 3 aromatic carbocycles. The molecule has 2 N–H and O–H groups in total. The molecule has 3 heterocycles. The second-order valence-corrected chi connectivity index (χ2v) is 12.6. The van der Waals surface area contributed by atoms with Crippen LogP contribution in [0.1, 0.15) is 39.9 Å². The quantitative estimate of drug-likeness (QED) is 0.238. The molecular weight excluding hydrogens is 542 g/mol. The highest BCUT2D eigenvalue weighted by Gasteiger charge is 2.38. The predicted octanol–water partition coefficient (Wildman–Crippen LogP) is 6.63. The highest BCUT2D eigenvalue weighted by atomic mass is 32.2. The Kier molecular flexibility index (Phi) is 8.18. The van der Waals surface area contributed by atoms with Gasteiger partial charge in [-0.05, 0) is 98.2 Å². The number of rotatable bonds is 7. The molecule has 0 spiro atoms. The van der Waals surface area contributed by atoms with Crippen molar-refractivity contribution >= 4 is 34.7 Å². The molecule has 2 aliphatic rings. The van der Waals surface area contributed by atoms with Crippen molar-refractivity contribution in [1.82, 2.24) is 14.9 Å². The maximum absolute atomic E-state index is 13.9. The Morgan fingerprint density at radius 3 is 2.64 bits per heavy atom. The number of benzene rings is 3. The van der Waals surface area contributed by atoms with E-state index in [0.29, 0.717) is 6.54 Å². The summed E-state index contributed by atoms with van der Waals surface area (Å²) in [6.45, 7) is 7.60. The van der Waals surface area contributed by atoms with Crippen LogP contribution in [-0.4, -0.2) is 45.7 Å². The van der Waals surface area contributed by atoms with Gasteiger partial charge in [-0.25, -0.2) is 9.97 Å². The fraction of sp³-hybridized carbons (Fsp3) is 0.324. The molecule has 0 radical (unpaired) electrons. The van der Waals surface area contributed by atoms with Crippen LogP contribution in [0.4, 0.5) is 17.1 Å². The fourth-order valence-corrected chi connectivity index (χ4v) is 7.13. The number of carbonyl (C=O) groups excluding carboxylic acids is 1. The SMILES string of the molecule is COc1cc(C)c(CN2C[C@@H](Sc3nccc(C)n3)C[C@H]2C(=O)Nc2ccc3c(c2)Nc2ccccc2CC3)cc1C. The van der Waals surface area contributed by atoms with Crippen LogP contribution in [0.2, 0.25) is 0 Å². The molecule has 1 aromatic heterocycles. The standard InChI is InChI=1S/C34H37N5O2S/c1-21-16-32(41-4)22(2)15-26(21)19-39-20-28(42-34-35-14-13-23(3)36-34)18-31(39)33(40)37-27-12-11-25-10-9-24-7-5-6-8-29(24)38-30(25)17-27/h5-8,11-17,28,31,38H,9-10,18-20H2,1-4H3,(H,37,40)/t28-,31-/m0/s1. The highest BCUT2D eigenvalue weighted by molar-refractivity contribution is 7.99. The molecule has 0 aliphatic carbocycles. The number of aryl methyl sites for hydroxylation is 5. The zero-order chi connectivity index (χ0) is 29.2. The first-order valence-electron chi connectivity index (χ1n) is 14.5. The van der Waals surface area contributed by atoms with Gasteiger partial charge in [-0.3, -0.25) is 9.69 Å². The Morgan fingerprint density at radius 2 is 1.83 bits per heavy atom. The summed E-state index contributed by atoms with van der Waals surface area (Å²) in [4.78, 5) is 25.3. The van der Waals surface area contributed by atoms with Gasteiger partial charge in [-0.1, -0.05) is 42.1 Å². The maximum atomic E-state index is 13.9. The number of likely N-dealkylation sites (tertiary alicyclic amines) is 1. The molecule has 216 valence electrons. The summed E-state index contributed by atoms with van der Waals surface area (Å²) < 4.78 is 5.54. The number of carbonyl (C=O) groups is 1. The molecule has 0 unspecified atom stereocenters. The number of amides is 1. The third-order valence-electron chi connectivity index (χ3n) is 8.27. The number of hydrogen-bond acceptors (Lipinski definition) is 7. The van der Waals surface area contributed by atoms with Crippen molar-refractivity contribution in [1.29, 1.82) is 0 Å². The average Bonchev–Trinajstić information content (AvgIpc) is 3.26. The van der Waals surface area contributed by atoms with Crippen molar-refractivity contribution in [3.63, 3.8) is 0 Å². The minimum atomic E-state index is -0.276. The first-order valence-corrected chi connectivity index (χ1v) is 15.4. The Balaban J connectivity index is 1.23. The first kappa shape index (κ1) is 28.2. The van der Waals surface area contributed by atoms with Gasteiger partial charge in [0.15, 0.2) is 5.16 Å². The predicted molar refractivity (Wildman–Crippen MR) is 170 cm³/mol. The molecule has 8 heteroatoms. The first-order chi connectivity index (χ1) is 20.4. The van der Waals surface area contributed by atoms with Crippen LogP contribution in [0.25, 0.3) is 0 Å². The van der Waals surface area contributed by atoms with Crippen molar-refractivity contribution in [3.8, 4) is 5.75 Å². The zero-order valence-corrected chi connectivity index (χ0v) is 25.4. The van der Waals surface area contributed by atoms with E-state index in [0.717, 1.165) is 70.6 Å². The summed E-state index contributed by atoms with van der Waals surface area (Å²) >= 11 is 1.66. The number of anilines is 3. The van der Waals surface area contributed by atoms with E-state index in [4.69, 9.17) is 4.74 Å². The number of methoxy groups -OCH3 is 1. The second-order valence-electron chi connectivity index (χ2n) is 11.3. The second kappa shape index (κ2) is 12.2. The molecule has 0 saturated carbocycles. The van der Waals surface area contributed by atoms with Gasteiger partial charge in [0.05, 0.1) is 13.2 Å². The van der Waals surface area contributed by atoms with Crippen molar-refractivity contribution < 1.29 is 9.53 Å². The average molecular weight is 580 g/mol. The molecule has 4 aromatic rings. The van der Waals surface area contributed by atoms with E-state index in [1.807, 2.05) is 19.1 Å². The van der Waals surface area contributed by atoms with Crippen molar-refractivity contribution in [2.45, 2.75) is 63.0 Å². The third kappa shape index (κ3) is 6.15. The van der Waals surface area contributed by atoms with Gasteiger partial charge in [0, 0.05) is 47.3 Å². The number of nitrogens with one attached hydrogen (secondary N) is 2. The molecule has 0 bridgehead atoms. The summed E-state index contributed by atoms with van der Waals surface area (Å²) in [7, 11) is 1.70. The lowest BCUT2D eigenvalue weighted by atomic mass is 10.0. The van der Waals surface area contributed by atoms with Crippen LogP contribution in [0.15, 0.2) is 72.0 Å². The van der Waals surface area contributed by atoms with E-state index >= 15 is 0 Å². The topological polar surface area (TPSA) is 79.4 Å². The number of para-hydroxylation sites is 1. The van der Waals surface area contributed by atoms with E-state index < -0.39 is 0 Å². The van der Waals surface area contributed by atoms with Crippen LogP contribution in [0, 0.1) is 20.8 Å². The number of thioether (sulfide) groups is 1. The van der Waals surface area contributed by atoms with E-state index in [1.165, 1.54) is 16.7 Å². The van der Waals surface area contributed by atoms with Crippen molar-refractivity contribution in [2.75, 3.05) is 24.3 Å². The molecule has 42 heavy (non-hydrogen) atoms. The molecular formula is C34H37N5O2S. The van der Waals surface area contributed by atoms with E-state index in [1.54, 1.807) is 25.1 Å². The minimum absolute atomic E-state index is 0.0140. The van der Waals surface area contributed by atoms with Gasteiger partial charge in [0.1, 0.15) is 5.75 Å². The lowest BCUT2D eigenvalue weighted by Gasteiger charge is -2.25. The van der Waals surface area contributed by atoms with E-state index in [2.05, 4.69) is 87.9 Å². The van der Waals surface area contributed by atoms with Crippen LogP contribution in [0.3, 0.4) is 0 Å². The summed E-state index contributed by atoms with van der Waals surface area (Å²) in [6.07, 6.45) is 4.48. The Bertz CT molecular complexity index is 1620. The lowest BCUT2D eigenvalue weighted by molar-refractivity contribution is -0.120. The molecule has 2 aliphatic heterocycles. The Labute approximate surface area is 252 Å². The van der Waals surface area contributed by atoms with Gasteiger partial charge >= 0.3 is 0 Å². The van der Waals surface area contributed by atoms with Gasteiger partial charge in [0.2, 0.25) is 5.91 Å². The van der Waals surface area contributed by atoms with E-state index in [-0.39, 0.29) is 17.2 Å². The molecule has 1 fully saturated rings. The third-order valence-corrected chi connectivity index (χ3v) is 9.35. The normalized spacial score (nSPS) is 18.0. The monoisotopic (exact) mass is 579 g/mol. The molecule has 1 saturated heterocycles. The maximum Gasteiger partial charge on any atom is 0.241 e. The van der Waals surface area contributed by atoms with Crippen LogP contribution in [-0.2, 0) is 24.2 Å². The number of ether oxygens (including phenoxy) is 1. The number of fused-ring (bicyclic) bond motifs is 2. The molecule has 1 amide bonds. The van der Waals surface area contributed by atoms with Gasteiger partial charge in [-0.2, -0.15) is 0 Å². The lowest BCUT2D eigenvalue weighted by Crippen LogP contribution is -2.39. The van der Waals surface area contributed by atoms with Gasteiger partial charge in [0.25, 0.3) is 0 Å². The van der Waals surface area contributed by atoms with Gasteiger partial charge in [-0.15, -0.1) is 0 Å². The fourth-order valence-electron chi connectivity index (χ4n) is 5.97. The zero-order valence-electron chi connectivity index (χ0n) is 24.6. The molecule has 6 rings (SSSR count). The largest absolute Gasteiger partial charge is 0.496 e. The molecule has 7 nitrogen and oxygen atoms in total. The molecule has 2 atom stereocenters. The van der Waals surface area contributed by atoms with Crippen LogP contribution >= 0.6 is 11.8 Å². The number of hydrogen-bond donors (Lipinski definition) is 2.